The third kappa shape index (κ3) is 8.71. The molecule has 0 bridgehead atoms. The maximum absolute atomic E-state index is 13.5. The zero-order chi connectivity index (χ0) is 25.5. The van der Waals surface area contributed by atoms with Gasteiger partial charge in [0, 0.05) is 40.6 Å². The number of rotatable bonds is 20. The molecular weight excluding hydrogens is 700 g/mol. The second-order valence-corrected chi connectivity index (χ2v) is 10.7. The van der Waals surface area contributed by atoms with Crippen molar-refractivity contribution in [3.63, 3.8) is 0 Å². The second-order valence-electron chi connectivity index (χ2n) is 7.49. The fourth-order valence-corrected chi connectivity index (χ4v) is 4.63. The van der Waals surface area contributed by atoms with E-state index >= 15 is 0 Å². The van der Waals surface area contributed by atoms with Crippen LogP contribution in [0.2, 0.25) is 0 Å². The standard InChI is InChI=1S/C21H32Br4O8/c22-9-1-5-15(28)19(32)20(13-26,14-27)21(16(29)6-2-10-23,17(30)7-3-11-24)33-18(31)8-4-12-25/h15,26-28H,1-14H2. The Hall–Kier alpha value is 0.280. The van der Waals surface area contributed by atoms with Crippen molar-refractivity contribution < 1.29 is 39.2 Å². The van der Waals surface area contributed by atoms with Crippen LogP contribution in [-0.4, -0.2) is 84.9 Å². The van der Waals surface area contributed by atoms with E-state index in [1.807, 2.05) is 0 Å². The first-order chi connectivity index (χ1) is 15.7. The van der Waals surface area contributed by atoms with Crippen molar-refractivity contribution in [1.82, 2.24) is 0 Å². The fourth-order valence-electron chi connectivity index (χ4n) is 3.46. The summed E-state index contributed by atoms with van der Waals surface area (Å²) in [7, 11) is 0. The molecule has 3 N–H and O–H groups in total. The van der Waals surface area contributed by atoms with Gasteiger partial charge in [-0.3, -0.25) is 19.2 Å². The normalized spacial score (nSPS) is 12.9. The first-order valence-electron chi connectivity index (χ1n) is 10.6. The number of carbonyl (C=O) groups is 4. The van der Waals surface area contributed by atoms with Crippen LogP contribution in [0.3, 0.4) is 0 Å². The molecule has 0 heterocycles. The van der Waals surface area contributed by atoms with Crippen LogP contribution in [0.1, 0.15) is 51.4 Å². The van der Waals surface area contributed by atoms with Crippen LogP contribution in [0.5, 0.6) is 0 Å². The summed E-state index contributed by atoms with van der Waals surface area (Å²) < 4.78 is 5.53. The average Bonchev–Trinajstić information content (AvgIpc) is 2.82. The number of ketones is 3. The Labute approximate surface area is 228 Å². The summed E-state index contributed by atoms with van der Waals surface area (Å²) in [5, 5.41) is 33.0. The minimum absolute atomic E-state index is 0.0371. The van der Waals surface area contributed by atoms with Crippen LogP contribution in [0, 0.1) is 5.41 Å². The van der Waals surface area contributed by atoms with Gasteiger partial charge >= 0.3 is 5.97 Å². The van der Waals surface area contributed by atoms with Crippen molar-refractivity contribution >= 4 is 87.0 Å². The molecule has 0 amide bonds. The lowest BCUT2D eigenvalue weighted by Crippen LogP contribution is -2.69. The molecule has 0 aliphatic rings. The third-order valence-electron chi connectivity index (χ3n) is 5.24. The monoisotopic (exact) mass is 728 g/mol. The summed E-state index contributed by atoms with van der Waals surface area (Å²) in [6, 6.07) is 0. The number of hydrogen-bond acceptors (Lipinski definition) is 8. The third-order valence-corrected chi connectivity index (χ3v) is 7.48. The molecule has 33 heavy (non-hydrogen) atoms. The molecular formula is C21H32Br4O8. The lowest BCUT2D eigenvalue weighted by Gasteiger charge is -2.45. The summed E-state index contributed by atoms with van der Waals surface area (Å²) in [6.07, 6.45) is -1.12. The zero-order valence-electron chi connectivity index (χ0n) is 18.4. The van der Waals surface area contributed by atoms with E-state index in [9.17, 15) is 34.5 Å². The first kappa shape index (κ1) is 33.3. The fraction of sp³-hybridized carbons (Fsp3) is 0.810. The van der Waals surface area contributed by atoms with Crippen molar-refractivity contribution in [3.05, 3.63) is 0 Å². The highest BCUT2D eigenvalue weighted by Gasteiger charge is 2.67. The molecule has 0 aromatic heterocycles. The topological polar surface area (TPSA) is 138 Å². The van der Waals surface area contributed by atoms with Crippen LogP contribution >= 0.6 is 63.7 Å². The SMILES string of the molecule is O=C(CCCBr)OC(C(=O)CCCBr)(C(=O)CCCBr)C(CO)(CO)C(=O)C(O)CCCBr. The summed E-state index contributed by atoms with van der Waals surface area (Å²) >= 11 is 12.8. The van der Waals surface area contributed by atoms with Gasteiger partial charge in [-0.05, 0) is 32.1 Å². The van der Waals surface area contributed by atoms with Gasteiger partial charge in [-0.1, -0.05) is 63.7 Å². The Morgan fingerprint density at radius 2 is 1.15 bits per heavy atom. The lowest BCUT2D eigenvalue weighted by atomic mass is 9.62. The average molecular weight is 732 g/mol. The van der Waals surface area contributed by atoms with E-state index in [4.69, 9.17) is 4.74 Å². The number of halogens is 4. The van der Waals surface area contributed by atoms with Gasteiger partial charge in [0.2, 0.25) is 5.60 Å². The van der Waals surface area contributed by atoms with E-state index in [2.05, 4.69) is 63.7 Å². The van der Waals surface area contributed by atoms with Crippen LogP contribution < -0.4 is 0 Å². The zero-order valence-corrected chi connectivity index (χ0v) is 24.7. The van der Waals surface area contributed by atoms with Crippen molar-refractivity contribution in [2.45, 2.75) is 63.1 Å². The van der Waals surface area contributed by atoms with Gasteiger partial charge in [0.25, 0.3) is 0 Å². The van der Waals surface area contributed by atoms with E-state index in [0.717, 1.165) is 0 Å². The van der Waals surface area contributed by atoms with Gasteiger partial charge in [0.15, 0.2) is 17.3 Å². The van der Waals surface area contributed by atoms with Gasteiger partial charge in [-0.2, -0.15) is 0 Å². The lowest BCUT2D eigenvalue weighted by molar-refractivity contribution is -0.201. The molecule has 1 atom stereocenters. The van der Waals surface area contributed by atoms with Crippen LogP contribution in [0.15, 0.2) is 0 Å². The van der Waals surface area contributed by atoms with E-state index in [-0.39, 0.29) is 38.5 Å². The van der Waals surface area contributed by atoms with Crippen LogP contribution in [-0.2, 0) is 23.9 Å². The van der Waals surface area contributed by atoms with Crippen molar-refractivity contribution in [3.8, 4) is 0 Å². The highest BCUT2D eigenvalue weighted by atomic mass is 79.9. The second kappa shape index (κ2) is 17.7. The number of esters is 1. The van der Waals surface area contributed by atoms with E-state index < -0.39 is 53.7 Å². The van der Waals surface area contributed by atoms with Crippen molar-refractivity contribution in [2.75, 3.05) is 34.5 Å². The number of carbonyl (C=O) groups excluding carboxylic acids is 4. The molecule has 0 aliphatic carbocycles. The summed E-state index contributed by atoms with van der Waals surface area (Å²) in [5.74, 6) is -3.81. The van der Waals surface area contributed by atoms with Crippen LogP contribution in [0.25, 0.3) is 0 Å². The molecule has 0 rings (SSSR count). The molecule has 1 unspecified atom stereocenters. The molecule has 12 heteroatoms. The molecule has 0 saturated heterocycles. The van der Waals surface area contributed by atoms with Gasteiger partial charge in [0.05, 0.1) is 13.2 Å². The largest absolute Gasteiger partial charge is 0.442 e. The smallest absolute Gasteiger partial charge is 0.307 e. The minimum atomic E-state index is -2.75. The summed E-state index contributed by atoms with van der Waals surface area (Å²) in [4.78, 5) is 53.2. The molecule has 192 valence electrons. The predicted octanol–water partition coefficient (Wildman–Crippen LogP) is 3.01. The molecule has 0 aromatic rings. The quantitative estimate of drug-likeness (QED) is 0.0988. The number of alkyl halides is 4. The number of aliphatic hydroxyl groups excluding tert-OH is 3. The molecule has 0 fully saturated rings. The maximum Gasteiger partial charge on any atom is 0.307 e. The number of ether oxygens (including phenoxy) is 1. The Morgan fingerprint density at radius 3 is 1.55 bits per heavy atom. The molecule has 0 spiro atoms. The Bertz CT molecular complexity index is 620. The highest BCUT2D eigenvalue weighted by molar-refractivity contribution is 9.09. The molecule has 0 aliphatic heterocycles. The minimum Gasteiger partial charge on any atom is -0.442 e. The number of hydrogen-bond donors (Lipinski definition) is 3. The van der Waals surface area contributed by atoms with Gasteiger partial charge in [0.1, 0.15) is 11.5 Å². The maximum atomic E-state index is 13.5. The number of aliphatic hydroxyl groups is 3. The Balaban J connectivity index is 6.88. The molecule has 0 aromatic carbocycles. The van der Waals surface area contributed by atoms with E-state index in [1.165, 1.54) is 0 Å². The Kier molecular flexibility index (Phi) is 17.8. The van der Waals surface area contributed by atoms with Gasteiger partial charge < -0.3 is 20.1 Å². The predicted molar refractivity (Wildman–Crippen MR) is 139 cm³/mol. The van der Waals surface area contributed by atoms with Crippen molar-refractivity contribution in [2.24, 2.45) is 5.41 Å². The van der Waals surface area contributed by atoms with Gasteiger partial charge in [-0.15, -0.1) is 0 Å². The molecule has 8 nitrogen and oxygen atoms in total. The van der Waals surface area contributed by atoms with E-state index in [0.29, 0.717) is 34.2 Å². The molecule has 0 saturated carbocycles. The van der Waals surface area contributed by atoms with E-state index in [1.54, 1.807) is 0 Å². The summed E-state index contributed by atoms with van der Waals surface area (Å²) in [5.41, 5.74) is -5.29. The first-order valence-corrected chi connectivity index (χ1v) is 15.1. The highest BCUT2D eigenvalue weighted by Crippen LogP contribution is 2.41. The number of Topliss-reactive ketones (excluding diaryl/α,β-unsaturated/α-hetero) is 3. The molecule has 0 radical (unpaired) electrons. The van der Waals surface area contributed by atoms with Gasteiger partial charge in [-0.25, -0.2) is 0 Å². The Morgan fingerprint density at radius 1 is 0.727 bits per heavy atom. The van der Waals surface area contributed by atoms with Crippen molar-refractivity contribution in [1.29, 1.82) is 0 Å². The summed E-state index contributed by atoms with van der Waals surface area (Å²) in [6.45, 7) is -2.33. The van der Waals surface area contributed by atoms with Crippen LogP contribution in [0.4, 0.5) is 0 Å².